The largest absolute Gasteiger partial charge is 0.466 e. The molecule has 0 spiro atoms. The number of rotatable bonds is 3. The number of carbonyl (C=O) groups is 2. The molecule has 0 amide bonds. The van der Waals surface area contributed by atoms with Crippen molar-refractivity contribution >= 4 is 11.9 Å². The summed E-state index contributed by atoms with van der Waals surface area (Å²) in [6.07, 6.45) is 2.02. The molecule has 0 aromatic heterocycles. The molecule has 4 heteroatoms. The van der Waals surface area contributed by atoms with Crippen LogP contribution in [0.3, 0.4) is 0 Å². The minimum Gasteiger partial charge on any atom is -0.466 e. The first-order chi connectivity index (χ1) is 5.61. The Morgan fingerprint density at radius 2 is 2.00 bits per heavy atom. The van der Waals surface area contributed by atoms with Crippen LogP contribution >= 0.6 is 0 Å². The Kier molecular flexibility index (Phi) is 4.45. The molecule has 0 bridgehead atoms. The van der Waals surface area contributed by atoms with Crippen LogP contribution in [-0.2, 0) is 19.1 Å². The van der Waals surface area contributed by atoms with E-state index in [4.69, 9.17) is 0 Å². The lowest BCUT2D eigenvalue weighted by atomic mass is 10.3. The van der Waals surface area contributed by atoms with Crippen molar-refractivity contribution in [3.8, 4) is 0 Å². The molecule has 12 heavy (non-hydrogen) atoms. The third-order valence-corrected chi connectivity index (χ3v) is 1.03. The van der Waals surface area contributed by atoms with Crippen molar-refractivity contribution in [1.82, 2.24) is 0 Å². The van der Waals surface area contributed by atoms with Crippen LogP contribution in [0.2, 0.25) is 0 Å². The van der Waals surface area contributed by atoms with E-state index in [1.165, 1.54) is 14.0 Å². The molecule has 0 saturated carbocycles. The lowest BCUT2D eigenvalue weighted by Crippen LogP contribution is -2.03. The van der Waals surface area contributed by atoms with Gasteiger partial charge in [0.05, 0.1) is 12.7 Å². The molecule has 66 valence electrons. The number of esters is 2. The van der Waals surface area contributed by atoms with E-state index in [1.807, 2.05) is 0 Å². The van der Waals surface area contributed by atoms with E-state index >= 15 is 0 Å². The predicted octanol–water partition coefficient (Wildman–Crippen LogP) is 0.792. The fourth-order valence-electron chi connectivity index (χ4n) is 0.404. The van der Waals surface area contributed by atoms with E-state index in [2.05, 4.69) is 16.1 Å². The van der Waals surface area contributed by atoms with E-state index in [9.17, 15) is 9.59 Å². The second kappa shape index (κ2) is 5.12. The number of hydrogen-bond acceptors (Lipinski definition) is 4. The van der Waals surface area contributed by atoms with Crippen LogP contribution < -0.4 is 0 Å². The second-order valence-corrected chi connectivity index (χ2v) is 1.93. The molecule has 0 fully saturated rings. The maximum absolute atomic E-state index is 10.7. The van der Waals surface area contributed by atoms with Gasteiger partial charge in [0.1, 0.15) is 6.26 Å². The van der Waals surface area contributed by atoms with Gasteiger partial charge in [-0.1, -0.05) is 6.58 Å². The van der Waals surface area contributed by atoms with E-state index in [-0.39, 0.29) is 5.57 Å². The summed E-state index contributed by atoms with van der Waals surface area (Å²) in [7, 11) is 1.25. The monoisotopic (exact) mass is 170 g/mol. The number of methoxy groups -OCH3 is 1. The van der Waals surface area contributed by atoms with Crippen molar-refractivity contribution in [2.75, 3.05) is 7.11 Å². The van der Waals surface area contributed by atoms with E-state index in [1.54, 1.807) is 0 Å². The molecule has 0 aromatic carbocycles. The molecular formula is C8H10O4. The fourth-order valence-corrected chi connectivity index (χ4v) is 0.404. The Bertz CT molecular complexity index is 227. The van der Waals surface area contributed by atoms with Crippen LogP contribution in [0.4, 0.5) is 0 Å². The first-order valence-electron chi connectivity index (χ1n) is 3.20. The molecular weight excluding hydrogens is 160 g/mol. The Hall–Kier alpha value is -1.58. The lowest BCUT2D eigenvalue weighted by Gasteiger charge is -1.97. The normalized spacial score (nSPS) is 10.3. The highest BCUT2D eigenvalue weighted by molar-refractivity contribution is 5.88. The topological polar surface area (TPSA) is 52.6 Å². The zero-order valence-electron chi connectivity index (χ0n) is 6.99. The van der Waals surface area contributed by atoms with Crippen LogP contribution in [0.25, 0.3) is 0 Å². The summed E-state index contributed by atoms with van der Waals surface area (Å²) in [5.74, 6) is -1.15. The van der Waals surface area contributed by atoms with Gasteiger partial charge in [0.25, 0.3) is 0 Å². The molecule has 0 saturated heterocycles. The summed E-state index contributed by atoms with van der Waals surface area (Å²) in [4.78, 5) is 21.2. The molecule has 0 aliphatic carbocycles. The van der Waals surface area contributed by atoms with E-state index < -0.39 is 11.9 Å². The van der Waals surface area contributed by atoms with E-state index in [0.717, 1.165) is 12.3 Å². The minimum atomic E-state index is -0.613. The van der Waals surface area contributed by atoms with Gasteiger partial charge in [-0.15, -0.1) is 0 Å². The SMILES string of the molecule is C=CC(=O)O/C=C(\C)C(=O)OC. The summed E-state index contributed by atoms with van der Waals surface area (Å²) >= 11 is 0. The molecule has 0 aromatic rings. The summed E-state index contributed by atoms with van der Waals surface area (Å²) in [6, 6.07) is 0. The zero-order chi connectivity index (χ0) is 9.56. The van der Waals surface area contributed by atoms with Crippen LogP contribution in [0.15, 0.2) is 24.5 Å². The average Bonchev–Trinajstić information content (AvgIpc) is 2.11. The average molecular weight is 170 g/mol. The molecule has 0 N–H and O–H groups in total. The maximum Gasteiger partial charge on any atom is 0.336 e. The third kappa shape index (κ3) is 3.55. The van der Waals surface area contributed by atoms with Gasteiger partial charge in [-0.05, 0) is 6.92 Å². The maximum atomic E-state index is 10.7. The van der Waals surface area contributed by atoms with Gasteiger partial charge in [0, 0.05) is 6.08 Å². The molecule has 0 heterocycles. The fraction of sp³-hybridized carbons (Fsp3) is 0.250. The van der Waals surface area contributed by atoms with Crippen LogP contribution in [0.1, 0.15) is 6.92 Å². The van der Waals surface area contributed by atoms with Crippen molar-refractivity contribution in [3.05, 3.63) is 24.5 Å². The highest BCUT2D eigenvalue weighted by Crippen LogP contribution is 1.96. The Morgan fingerprint density at radius 3 is 2.42 bits per heavy atom. The number of ether oxygens (including phenoxy) is 2. The quantitative estimate of drug-likeness (QED) is 0.357. The first-order valence-corrected chi connectivity index (χ1v) is 3.20. The van der Waals surface area contributed by atoms with Crippen molar-refractivity contribution in [2.45, 2.75) is 6.92 Å². The van der Waals surface area contributed by atoms with Gasteiger partial charge in [-0.25, -0.2) is 9.59 Å². The smallest absolute Gasteiger partial charge is 0.336 e. The molecule has 0 atom stereocenters. The molecule has 0 rings (SSSR count). The van der Waals surface area contributed by atoms with E-state index in [0.29, 0.717) is 0 Å². The first kappa shape index (κ1) is 10.4. The summed E-state index contributed by atoms with van der Waals surface area (Å²) in [5, 5.41) is 0. The highest BCUT2D eigenvalue weighted by atomic mass is 16.5. The van der Waals surface area contributed by atoms with Crippen molar-refractivity contribution in [1.29, 1.82) is 0 Å². The minimum absolute atomic E-state index is 0.215. The van der Waals surface area contributed by atoms with Crippen molar-refractivity contribution in [3.63, 3.8) is 0 Å². The molecule has 4 nitrogen and oxygen atoms in total. The standard InChI is InChI=1S/C8H10O4/c1-4-7(9)12-5-6(2)8(10)11-3/h4-5H,1H2,2-3H3/b6-5+. The van der Waals surface area contributed by atoms with Gasteiger partial charge in [-0.2, -0.15) is 0 Å². The zero-order valence-corrected chi connectivity index (χ0v) is 6.99. The molecule has 0 radical (unpaired) electrons. The lowest BCUT2D eigenvalue weighted by molar-refractivity contribution is -0.136. The molecule has 0 unspecified atom stereocenters. The van der Waals surface area contributed by atoms with Crippen molar-refractivity contribution < 1.29 is 19.1 Å². The van der Waals surface area contributed by atoms with Crippen molar-refractivity contribution in [2.24, 2.45) is 0 Å². The van der Waals surface area contributed by atoms with Gasteiger partial charge in [-0.3, -0.25) is 0 Å². The second-order valence-electron chi connectivity index (χ2n) is 1.93. The summed E-state index contributed by atoms with van der Waals surface area (Å²) in [6.45, 7) is 4.66. The predicted molar refractivity (Wildman–Crippen MR) is 42.1 cm³/mol. The van der Waals surface area contributed by atoms with Gasteiger partial charge < -0.3 is 9.47 Å². The van der Waals surface area contributed by atoms with Crippen LogP contribution in [-0.4, -0.2) is 19.0 Å². The van der Waals surface area contributed by atoms with Gasteiger partial charge in [0.2, 0.25) is 0 Å². The van der Waals surface area contributed by atoms with Crippen LogP contribution in [0.5, 0.6) is 0 Å². The Labute approximate surface area is 70.5 Å². The highest BCUT2D eigenvalue weighted by Gasteiger charge is 2.03. The number of carbonyl (C=O) groups excluding carboxylic acids is 2. The Morgan fingerprint density at radius 1 is 1.42 bits per heavy atom. The van der Waals surface area contributed by atoms with Gasteiger partial charge in [0.15, 0.2) is 0 Å². The number of hydrogen-bond donors (Lipinski definition) is 0. The molecule has 0 aliphatic heterocycles. The molecule has 0 aliphatic rings. The summed E-state index contributed by atoms with van der Waals surface area (Å²) in [5.41, 5.74) is 0.215. The van der Waals surface area contributed by atoms with Gasteiger partial charge >= 0.3 is 11.9 Å². The third-order valence-electron chi connectivity index (χ3n) is 1.03. The van der Waals surface area contributed by atoms with Crippen LogP contribution in [0, 0.1) is 0 Å². The Balaban J connectivity index is 4.09. The summed E-state index contributed by atoms with van der Waals surface area (Å²) < 4.78 is 8.81.